The van der Waals surface area contributed by atoms with Gasteiger partial charge >= 0.3 is 0 Å². The van der Waals surface area contributed by atoms with Crippen LogP contribution < -0.4 is 10.4 Å². The van der Waals surface area contributed by atoms with Crippen molar-refractivity contribution in [1.29, 1.82) is 0 Å². The van der Waals surface area contributed by atoms with Gasteiger partial charge in [-0.3, -0.25) is 8.98 Å². The minimum absolute atomic E-state index is 0.329. The van der Waals surface area contributed by atoms with Crippen molar-refractivity contribution in [2.75, 3.05) is 33.5 Å². The SMILES string of the molecule is CCC1C(CO)OC(COCC2C(C(=O)[O-])OC(COC)C(OS(=O)(=O)[O-])C2O)C(NC(C)=O)C1O. The van der Waals surface area contributed by atoms with Crippen LogP contribution in [0.5, 0.6) is 0 Å². The summed E-state index contributed by atoms with van der Waals surface area (Å²) in [5.41, 5.74) is 0. The van der Waals surface area contributed by atoms with Crippen LogP contribution in [0, 0.1) is 11.8 Å². The smallest absolute Gasteiger partial charge is 0.218 e. The standard InChI is InChI=1S/C20H35NO14S/c1-4-10-12(5-22)33-13(15(16(10)24)21-9(2)23)8-32-6-11-17(25)19(35-36(28,29)30)14(7-31-3)34-18(11)20(26)27/h10-19,22,24-25H,4-8H2,1-3H3,(H,21,23)(H,26,27)(H,28,29,30)/p-2. The molecule has 0 aromatic heterocycles. The van der Waals surface area contributed by atoms with Crippen molar-refractivity contribution in [2.45, 2.75) is 69.0 Å². The molecule has 0 radical (unpaired) electrons. The average molecular weight is 544 g/mol. The second-order valence-electron chi connectivity index (χ2n) is 8.72. The summed E-state index contributed by atoms with van der Waals surface area (Å²) in [6, 6.07) is -0.924. The minimum atomic E-state index is -5.31. The normalized spacial score (nSPS) is 37.4. The molecule has 2 aliphatic heterocycles. The Morgan fingerprint density at radius 2 is 1.69 bits per heavy atom. The average Bonchev–Trinajstić information content (AvgIpc) is 2.78. The molecule has 2 saturated heterocycles. The van der Waals surface area contributed by atoms with Crippen LogP contribution in [0.2, 0.25) is 0 Å². The number of carboxylic acid groups (broad SMARTS) is 1. The monoisotopic (exact) mass is 543 g/mol. The van der Waals surface area contributed by atoms with Crippen molar-refractivity contribution >= 4 is 22.3 Å². The van der Waals surface area contributed by atoms with Gasteiger partial charge in [0, 0.05) is 25.9 Å². The number of nitrogens with one attached hydrogen (secondary N) is 1. The van der Waals surface area contributed by atoms with Crippen molar-refractivity contribution in [3.05, 3.63) is 0 Å². The second kappa shape index (κ2) is 13.4. The predicted molar refractivity (Wildman–Crippen MR) is 114 cm³/mol. The van der Waals surface area contributed by atoms with Crippen molar-refractivity contribution in [2.24, 2.45) is 11.8 Å². The molecule has 0 bridgehead atoms. The lowest BCUT2D eigenvalue weighted by atomic mass is 9.83. The topological polar surface area (TPSA) is 233 Å². The maximum absolute atomic E-state index is 11.7. The molecule has 0 aromatic rings. The molecule has 2 aliphatic rings. The Hall–Kier alpha value is -1.47. The highest BCUT2D eigenvalue weighted by atomic mass is 32.3. The van der Waals surface area contributed by atoms with Gasteiger partial charge in [0.1, 0.15) is 24.4 Å². The fourth-order valence-corrected chi connectivity index (χ4v) is 5.16. The van der Waals surface area contributed by atoms with Crippen LogP contribution in [-0.4, -0.2) is 122 Å². The summed E-state index contributed by atoms with van der Waals surface area (Å²) in [5.74, 6) is -4.12. The second-order valence-corrected chi connectivity index (χ2v) is 9.72. The molecule has 36 heavy (non-hydrogen) atoms. The van der Waals surface area contributed by atoms with Gasteiger partial charge in [0.2, 0.25) is 16.3 Å². The summed E-state index contributed by atoms with van der Waals surface area (Å²) in [6.45, 7) is 1.33. The molecule has 0 aliphatic carbocycles. The van der Waals surface area contributed by atoms with Gasteiger partial charge in [0.05, 0.1) is 56.8 Å². The molecule has 2 heterocycles. The Balaban J connectivity index is 2.19. The highest BCUT2D eigenvalue weighted by Gasteiger charge is 2.48. The molecule has 2 fully saturated rings. The van der Waals surface area contributed by atoms with E-state index in [0.29, 0.717) is 6.42 Å². The number of aliphatic carboxylic acids is 1. The van der Waals surface area contributed by atoms with E-state index in [9.17, 15) is 43.0 Å². The summed E-state index contributed by atoms with van der Waals surface area (Å²) in [4.78, 5) is 23.4. The third-order valence-corrected chi connectivity index (χ3v) is 6.75. The Bertz CT molecular complexity index is 840. The number of rotatable bonds is 12. The summed E-state index contributed by atoms with van der Waals surface area (Å²) >= 11 is 0. The molecule has 16 heteroatoms. The quantitative estimate of drug-likeness (QED) is 0.135. The van der Waals surface area contributed by atoms with Crippen LogP contribution in [0.25, 0.3) is 0 Å². The lowest BCUT2D eigenvalue weighted by Gasteiger charge is -2.46. The van der Waals surface area contributed by atoms with E-state index in [-0.39, 0.29) is 6.61 Å². The zero-order valence-corrected chi connectivity index (χ0v) is 20.9. The van der Waals surface area contributed by atoms with Gasteiger partial charge in [-0.1, -0.05) is 6.92 Å². The largest absolute Gasteiger partial charge is 0.726 e. The number of aliphatic hydroxyl groups is 3. The molecule has 210 valence electrons. The van der Waals surface area contributed by atoms with Gasteiger partial charge < -0.3 is 54.0 Å². The van der Waals surface area contributed by atoms with Gasteiger partial charge in [-0.25, -0.2) is 8.42 Å². The zero-order chi connectivity index (χ0) is 27.2. The molecule has 1 amide bonds. The number of hydrogen-bond acceptors (Lipinski definition) is 14. The molecule has 0 spiro atoms. The van der Waals surface area contributed by atoms with Gasteiger partial charge in [-0.15, -0.1) is 0 Å². The van der Waals surface area contributed by atoms with Gasteiger partial charge in [0.25, 0.3) is 0 Å². The number of methoxy groups -OCH3 is 1. The highest BCUT2D eigenvalue weighted by Crippen LogP contribution is 2.31. The molecule has 4 N–H and O–H groups in total. The number of aliphatic hydroxyl groups excluding tert-OH is 3. The molecule has 0 aromatic carbocycles. The molecule has 2 rings (SSSR count). The fraction of sp³-hybridized carbons (Fsp3) is 0.900. The van der Waals surface area contributed by atoms with Gasteiger partial charge in [-0.2, -0.15) is 0 Å². The van der Waals surface area contributed by atoms with Crippen LogP contribution >= 0.6 is 0 Å². The van der Waals surface area contributed by atoms with E-state index in [1.165, 1.54) is 14.0 Å². The Labute approximate surface area is 208 Å². The number of hydrogen-bond donors (Lipinski definition) is 4. The third-order valence-electron chi connectivity index (χ3n) is 6.29. The first-order valence-corrected chi connectivity index (χ1v) is 12.6. The summed E-state index contributed by atoms with van der Waals surface area (Å²) in [6.07, 6.45) is -9.24. The van der Waals surface area contributed by atoms with E-state index in [1.807, 2.05) is 0 Å². The molecule has 15 nitrogen and oxygen atoms in total. The first-order chi connectivity index (χ1) is 16.8. The third kappa shape index (κ3) is 7.77. The first-order valence-electron chi connectivity index (χ1n) is 11.3. The van der Waals surface area contributed by atoms with Gasteiger partial charge in [-0.05, 0) is 6.42 Å². The van der Waals surface area contributed by atoms with Crippen LogP contribution in [0.4, 0.5) is 0 Å². The van der Waals surface area contributed by atoms with E-state index in [2.05, 4.69) is 9.50 Å². The maximum atomic E-state index is 11.7. The molecular weight excluding hydrogens is 510 g/mol. The van der Waals surface area contributed by atoms with E-state index >= 15 is 0 Å². The molecule has 0 saturated carbocycles. The molecule has 10 unspecified atom stereocenters. The Morgan fingerprint density at radius 3 is 2.19 bits per heavy atom. The predicted octanol–water partition coefficient (Wildman–Crippen LogP) is -4.36. The minimum Gasteiger partial charge on any atom is -0.726 e. The van der Waals surface area contributed by atoms with Crippen molar-refractivity contribution in [3.63, 3.8) is 0 Å². The van der Waals surface area contributed by atoms with Crippen molar-refractivity contribution in [3.8, 4) is 0 Å². The van der Waals surface area contributed by atoms with E-state index < -0.39 is 103 Å². The van der Waals surface area contributed by atoms with Crippen LogP contribution in [-0.2, 0) is 43.1 Å². The fourth-order valence-electron chi connectivity index (χ4n) is 4.65. The van der Waals surface area contributed by atoms with Crippen LogP contribution in [0.1, 0.15) is 20.3 Å². The number of amides is 1. The van der Waals surface area contributed by atoms with E-state index in [0.717, 1.165) is 0 Å². The Kier molecular flexibility index (Phi) is 11.4. The summed E-state index contributed by atoms with van der Waals surface area (Å²) in [7, 11) is -4.11. The zero-order valence-electron chi connectivity index (χ0n) is 20.0. The summed E-state index contributed by atoms with van der Waals surface area (Å²) in [5, 5.41) is 45.4. The highest BCUT2D eigenvalue weighted by molar-refractivity contribution is 7.80. The van der Waals surface area contributed by atoms with Crippen LogP contribution in [0.3, 0.4) is 0 Å². The molecular formula is C20H33NO14S-2. The van der Waals surface area contributed by atoms with Crippen LogP contribution in [0.15, 0.2) is 0 Å². The lowest BCUT2D eigenvalue weighted by Crippen LogP contribution is -2.63. The number of carboxylic acids is 1. The van der Waals surface area contributed by atoms with E-state index in [1.54, 1.807) is 6.92 Å². The van der Waals surface area contributed by atoms with E-state index in [4.69, 9.17) is 18.9 Å². The lowest BCUT2D eigenvalue weighted by molar-refractivity contribution is -0.331. The number of carbonyl (C=O) groups excluding carboxylic acids is 2. The number of carbonyl (C=O) groups is 2. The number of ether oxygens (including phenoxy) is 4. The summed E-state index contributed by atoms with van der Waals surface area (Å²) < 4.78 is 59.4. The van der Waals surface area contributed by atoms with Crippen molar-refractivity contribution in [1.82, 2.24) is 5.32 Å². The maximum Gasteiger partial charge on any atom is 0.218 e. The molecule has 10 atom stereocenters. The first kappa shape index (κ1) is 30.8. The van der Waals surface area contributed by atoms with Gasteiger partial charge in [0.15, 0.2) is 0 Å². The van der Waals surface area contributed by atoms with Crippen molar-refractivity contribution < 1.29 is 66.1 Å². The Morgan fingerprint density at radius 1 is 1.03 bits per heavy atom.